The molecule has 0 bridgehead atoms. The molecule has 1 fully saturated rings. The SMILES string of the molecule is COC(=O)c1cc([N+](=O)[O-])c(N[C@H]2C[C@@H](C)CC(C)(C)C2)cc1F. The molecule has 2 rings (SSSR count). The van der Waals surface area contributed by atoms with Gasteiger partial charge in [-0.3, -0.25) is 10.1 Å². The Morgan fingerprint density at radius 1 is 1.42 bits per heavy atom. The van der Waals surface area contributed by atoms with Gasteiger partial charge >= 0.3 is 5.97 Å². The van der Waals surface area contributed by atoms with Crippen molar-refractivity contribution in [1.82, 2.24) is 0 Å². The minimum Gasteiger partial charge on any atom is -0.465 e. The predicted octanol–water partition coefficient (Wildman–Crippen LogP) is 4.15. The van der Waals surface area contributed by atoms with E-state index in [1.165, 1.54) is 0 Å². The number of esters is 1. The zero-order valence-corrected chi connectivity index (χ0v) is 14.4. The monoisotopic (exact) mass is 338 g/mol. The van der Waals surface area contributed by atoms with E-state index in [0.29, 0.717) is 5.92 Å². The number of carbonyl (C=O) groups excluding carboxylic acids is 1. The highest BCUT2D eigenvalue weighted by atomic mass is 19.1. The molecule has 0 spiro atoms. The second kappa shape index (κ2) is 6.75. The highest BCUT2D eigenvalue weighted by Crippen LogP contribution is 2.40. The standard InChI is InChI=1S/C17H23FN2O4/c1-10-5-11(9-17(2,3)8-10)19-14-7-13(18)12(16(21)24-4)6-15(14)20(22)23/h6-7,10-11,19H,5,8-9H2,1-4H3/t10-,11+/m1/s1. The third-order valence-corrected chi connectivity index (χ3v) is 4.43. The molecule has 2 atom stereocenters. The summed E-state index contributed by atoms with van der Waals surface area (Å²) in [5.41, 5.74) is -0.547. The molecule has 1 aromatic rings. The van der Waals surface area contributed by atoms with Gasteiger partial charge in [-0.2, -0.15) is 0 Å². The van der Waals surface area contributed by atoms with Gasteiger partial charge in [0.25, 0.3) is 5.69 Å². The molecule has 0 radical (unpaired) electrons. The van der Waals surface area contributed by atoms with Gasteiger partial charge in [0.05, 0.1) is 12.0 Å². The summed E-state index contributed by atoms with van der Waals surface area (Å²) in [4.78, 5) is 22.2. The number of ether oxygens (including phenoxy) is 1. The molecule has 0 amide bonds. The van der Waals surface area contributed by atoms with E-state index >= 15 is 0 Å². The molecule has 7 heteroatoms. The van der Waals surface area contributed by atoms with Crippen molar-refractivity contribution >= 4 is 17.3 Å². The Balaban J connectivity index is 2.34. The Bertz CT molecular complexity index is 660. The summed E-state index contributed by atoms with van der Waals surface area (Å²) < 4.78 is 18.6. The van der Waals surface area contributed by atoms with Crippen LogP contribution in [-0.2, 0) is 4.74 Å². The van der Waals surface area contributed by atoms with Crippen molar-refractivity contribution in [2.75, 3.05) is 12.4 Å². The van der Waals surface area contributed by atoms with Gasteiger partial charge < -0.3 is 10.1 Å². The van der Waals surface area contributed by atoms with Crippen molar-refractivity contribution in [3.63, 3.8) is 0 Å². The number of rotatable bonds is 4. The molecular weight excluding hydrogens is 315 g/mol. The van der Waals surface area contributed by atoms with Crippen molar-refractivity contribution in [3.05, 3.63) is 33.6 Å². The molecule has 6 nitrogen and oxygen atoms in total. The van der Waals surface area contributed by atoms with E-state index in [-0.39, 0.29) is 22.8 Å². The zero-order chi connectivity index (χ0) is 18.1. The lowest BCUT2D eigenvalue weighted by molar-refractivity contribution is -0.384. The van der Waals surface area contributed by atoms with E-state index in [2.05, 4.69) is 30.8 Å². The fourth-order valence-corrected chi connectivity index (χ4v) is 3.77. The van der Waals surface area contributed by atoms with Crippen LogP contribution in [0.4, 0.5) is 15.8 Å². The second-order valence-electron chi connectivity index (χ2n) is 7.35. The highest BCUT2D eigenvalue weighted by Gasteiger charge is 2.33. The van der Waals surface area contributed by atoms with Crippen molar-refractivity contribution in [3.8, 4) is 0 Å². The largest absolute Gasteiger partial charge is 0.465 e. The third-order valence-electron chi connectivity index (χ3n) is 4.43. The molecule has 1 aliphatic rings. The molecule has 0 heterocycles. The maximum Gasteiger partial charge on any atom is 0.341 e. The summed E-state index contributed by atoms with van der Waals surface area (Å²) in [6.45, 7) is 6.46. The molecule has 1 saturated carbocycles. The maximum absolute atomic E-state index is 14.2. The number of halogens is 1. The number of anilines is 1. The normalized spacial score (nSPS) is 22.7. The summed E-state index contributed by atoms with van der Waals surface area (Å²) in [6.07, 6.45) is 2.79. The van der Waals surface area contributed by atoms with Crippen LogP contribution in [-0.4, -0.2) is 24.0 Å². The van der Waals surface area contributed by atoms with E-state index in [1.807, 2.05) is 0 Å². The second-order valence-corrected chi connectivity index (χ2v) is 7.35. The highest BCUT2D eigenvalue weighted by molar-refractivity contribution is 5.91. The average Bonchev–Trinajstić information content (AvgIpc) is 2.44. The van der Waals surface area contributed by atoms with E-state index in [4.69, 9.17) is 0 Å². The van der Waals surface area contributed by atoms with Crippen molar-refractivity contribution in [2.24, 2.45) is 11.3 Å². The summed E-state index contributed by atoms with van der Waals surface area (Å²) in [5, 5.41) is 14.4. The summed E-state index contributed by atoms with van der Waals surface area (Å²) in [7, 11) is 1.10. The molecule has 1 aliphatic carbocycles. The Hall–Kier alpha value is -2.18. The fraction of sp³-hybridized carbons (Fsp3) is 0.588. The molecule has 132 valence electrons. The molecule has 1 N–H and O–H groups in total. The van der Waals surface area contributed by atoms with Crippen molar-refractivity contribution < 1.29 is 18.8 Å². The van der Waals surface area contributed by atoms with Crippen LogP contribution in [0.3, 0.4) is 0 Å². The minimum absolute atomic E-state index is 0.0193. The third kappa shape index (κ3) is 4.01. The summed E-state index contributed by atoms with van der Waals surface area (Å²) in [6, 6.07) is 1.96. The first kappa shape index (κ1) is 18.2. The van der Waals surface area contributed by atoms with Gasteiger partial charge in [0.1, 0.15) is 17.1 Å². The topological polar surface area (TPSA) is 81.5 Å². The number of nitro groups is 1. The number of methoxy groups -OCH3 is 1. The Labute approximate surface area is 140 Å². The van der Waals surface area contributed by atoms with Crippen LogP contribution < -0.4 is 5.32 Å². The fourth-order valence-electron chi connectivity index (χ4n) is 3.77. The average molecular weight is 338 g/mol. The Morgan fingerprint density at radius 2 is 2.08 bits per heavy atom. The van der Waals surface area contributed by atoms with Crippen LogP contribution in [0.2, 0.25) is 0 Å². The van der Waals surface area contributed by atoms with Crippen LogP contribution in [0.25, 0.3) is 0 Å². The van der Waals surface area contributed by atoms with E-state index in [1.54, 1.807) is 0 Å². The van der Waals surface area contributed by atoms with Gasteiger partial charge in [0.15, 0.2) is 0 Å². The first-order valence-corrected chi connectivity index (χ1v) is 7.96. The van der Waals surface area contributed by atoms with Crippen LogP contribution in [0.1, 0.15) is 50.4 Å². The number of benzene rings is 1. The lowest BCUT2D eigenvalue weighted by Gasteiger charge is -2.39. The van der Waals surface area contributed by atoms with Gasteiger partial charge in [0.2, 0.25) is 0 Å². The molecule has 0 aromatic heterocycles. The van der Waals surface area contributed by atoms with Gasteiger partial charge in [-0.05, 0) is 30.6 Å². The maximum atomic E-state index is 14.2. The van der Waals surface area contributed by atoms with Crippen molar-refractivity contribution in [1.29, 1.82) is 0 Å². The van der Waals surface area contributed by atoms with Gasteiger partial charge in [0, 0.05) is 18.2 Å². The van der Waals surface area contributed by atoms with Crippen LogP contribution in [0.15, 0.2) is 12.1 Å². The zero-order valence-electron chi connectivity index (χ0n) is 14.4. The molecule has 1 aromatic carbocycles. The predicted molar refractivity (Wildman–Crippen MR) is 88.6 cm³/mol. The number of nitrogens with one attached hydrogen (secondary N) is 1. The number of hydrogen-bond acceptors (Lipinski definition) is 5. The lowest BCUT2D eigenvalue weighted by atomic mass is 9.70. The number of nitrogens with zero attached hydrogens (tertiary/aromatic N) is 1. The molecule has 24 heavy (non-hydrogen) atoms. The van der Waals surface area contributed by atoms with Crippen LogP contribution in [0, 0.1) is 27.3 Å². The first-order valence-electron chi connectivity index (χ1n) is 7.96. The molecule has 0 aliphatic heterocycles. The van der Waals surface area contributed by atoms with E-state index in [9.17, 15) is 19.3 Å². The van der Waals surface area contributed by atoms with E-state index < -0.39 is 22.3 Å². The van der Waals surface area contributed by atoms with Gasteiger partial charge in [-0.25, -0.2) is 9.18 Å². The Morgan fingerprint density at radius 3 is 2.62 bits per heavy atom. The smallest absolute Gasteiger partial charge is 0.341 e. The molecule has 0 unspecified atom stereocenters. The quantitative estimate of drug-likeness (QED) is 0.507. The van der Waals surface area contributed by atoms with Gasteiger partial charge in [-0.15, -0.1) is 0 Å². The van der Waals surface area contributed by atoms with Crippen molar-refractivity contribution in [2.45, 2.75) is 46.1 Å². The lowest BCUT2D eigenvalue weighted by Crippen LogP contribution is -2.35. The molecule has 0 saturated heterocycles. The molecular formula is C17H23FN2O4. The van der Waals surface area contributed by atoms with Crippen LogP contribution >= 0.6 is 0 Å². The number of hydrogen-bond donors (Lipinski definition) is 1. The number of carbonyl (C=O) groups is 1. The first-order chi connectivity index (χ1) is 11.1. The Kier molecular flexibility index (Phi) is 5.11. The minimum atomic E-state index is -0.936. The van der Waals surface area contributed by atoms with Gasteiger partial charge in [-0.1, -0.05) is 20.8 Å². The summed E-state index contributed by atoms with van der Waals surface area (Å²) in [5.74, 6) is -1.29. The van der Waals surface area contributed by atoms with E-state index in [0.717, 1.165) is 38.5 Å². The number of nitro benzene ring substituents is 1. The van der Waals surface area contributed by atoms with Crippen LogP contribution in [0.5, 0.6) is 0 Å². The summed E-state index contributed by atoms with van der Waals surface area (Å²) >= 11 is 0.